The normalized spacial score (nSPS) is 10.9. The van der Waals surface area contributed by atoms with Crippen LogP contribution in [0.5, 0.6) is 0 Å². The molecular weight excluding hydrogens is 370 g/mol. The van der Waals surface area contributed by atoms with E-state index in [1.54, 1.807) is 19.2 Å². The van der Waals surface area contributed by atoms with E-state index in [1.165, 1.54) is 9.47 Å². The van der Waals surface area contributed by atoms with Crippen LogP contribution in [0.25, 0.3) is 11.1 Å². The molecule has 0 fully saturated rings. The summed E-state index contributed by atoms with van der Waals surface area (Å²) in [6, 6.07) is 12.9. The molecule has 0 aliphatic carbocycles. The topological polar surface area (TPSA) is 84.5 Å². The predicted octanol–water partition coefficient (Wildman–Crippen LogP) is 3.09. The minimum atomic E-state index is -0.431. The SMILES string of the molecule is Cc1cccc(NC(=O)CN(C)C(=O)CCCn2c(=O)oc3ccccc32)c1C. The highest BCUT2D eigenvalue weighted by atomic mass is 16.4. The van der Waals surface area contributed by atoms with Crippen molar-refractivity contribution in [1.82, 2.24) is 9.47 Å². The summed E-state index contributed by atoms with van der Waals surface area (Å²) in [5, 5.41) is 2.85. The van der Waals surface area contributed by atoms with Gasteiger partial charge in [-0.1, -0.05) is 24.3 Å². The molecule has 0 unspecified atom stereocenters. The summed E-state index contributed by atoms with van der Waals surface area (Å²) in [5.74, 6) is -0.825. The number of oxazole rings is 1. The van der Waals surface area contributed by atoms with Crippen molar-refractivity contribution in [1.29, 1.82) is 0 Å². The van der Waals surface area contributed by atoms with Crippen LogP contribution in [0.4, 0.5) is 5.69 Å². The van der Waals surface area contributed by atoms with Gasteiger partial charge in [0.1, 0.15) is 0 Å². The molecule has 0 aliphatic rings. The van der Waals surface area contributed by atoms with Crippen LogP contribution in [-0.4, -0.2) is 34.9 Å². The fourth-order valence-corrected chi connectivity index (χ4v) is 3.18. The van der Waals surface area contributed by atoms with E-state index in [2.05, 4.69) is 5.32 Å². The van der Waals surface area contributed by atoms with Gasteiger partial charge in [0, 0.05) is 25.7 Å². The van der Waals surface area contributed by atoms with Crippen LogP contribution < -0.4 is 11.1 Å². The van der Waals surface area contributed by atoms with Gasteiger partial charge in [0.2, 0.25) is 11.8 Å². The quantitative estimate of drug-likeness (QED) is 0.666. The van der Waals surface area contributed by atoms with Crippen LogP contribution >= 0.6 is 0 Å². The van der Waals surface area contributed by atoms with Gasteiger partial charge >= 0.3 is 5.76 Å². The number of carbonyl (C=O) groups excluding carboxylic acids is 2. The molecule has 0 aliphatic heterocycles. The first-order valence-electron chi connectivity index (χ1n) is 9.55. The second-order valence-corrected chi connectivity index (χ2v) is 7.14. The smallest absolute Gasteiger partial charge is 0.408 e. The molecule has 0 saturated carbocycles. The Morgan fingerprint density at radius 1 is 1.10 bits per heavy atom. The van der Waals surface area contributed by atoms with E-state index in [-0.39, 0.29) is 24.8 Å². The Kier molecular flexibility index (Phi) is 6.16. The average Bonchev–Trinajstić information content (AvgIpc) is 3.00. The first-order chi connectivity index (χ1) is 13.9. The van der Waals surface area contributed by atoms with Gasteiger partial charge in [0.25, 0.3) is 0 Å². The Balaban J connectivity index is 1.51. The molecule has 3 rings (SSSR count). The molecular formula is C22H25N3O4. The lowest BCUT2D eigenvalue weighted by atomic mass is 10.1. The summed E-state index contributed by atoms with van der Waals surface area (Å²) in [6.07, 6.45) is 0.713. The van der Waals surface area contributed by atoms with Crippen LogP contribution in [-0.2, 0) is 16.1 Å². The maximum atomic E-state index is 12.4. The number of carbonyl (C=O) groups is 2. The highest BCUT2D eigenvalue weighted by molar-refractivity contribution is 5.95. The van der Waals surface area contributed by atoms with Crippen LogP contribution in [0.2, 0.25) is 0 Å². The number of anilines is 1. The predicted molar refractivity (Wildman–Crippen MR) is 112 cm³/mol. The van der Waals surface area contributed by atoms with E-state index in [4.69, 9.17) is 4.42 Å². The molecule has 0 atom stereocenters. The number of rotatable bonds is 7. The number of hydrogen-bond acceptors (Lipinski definition) is 4. The number of nitrogens with one attached hydrogen (secondary N) is 1. The lowest BCUT2D eigenvalue weighted by Crippen LogP contribution is -2.35. The van der Waals surface area contributed by atoms with Gasteiger partial charge in [-0.25, -0.2) is 4.79 Å². The fraction of sp³-hybridized carbons (Fsp3) is 0.318. The Hall–Kier alpha value is -3.35. The average molecular weight is 395 g/mol. The lowest BCUT2D eigenvalue weighted by Gasteiger charge is -2.17. The zero-order valence-corrected chi connectivity index (χ0v) is 16.9. The minimum Gasteiger partial charge on any atom is -0.408 e. The maximum Gasteiger partial charge on any atom is 0.419 e. The number of aryl methyl sites for hydroxylation is 2. The van der Waals surface area contributed by atoms with Gasteiger partial charge in [-0.15, -0.1) is 0 Å². The molecule has 1 N–H and O–H groups in total. The van der Waals surface area contributed by atoms with Crippen molar-refractivity contribution >= 4 is 28.6 Å². The standard InChI is InChI=1S/C22H25N3O4/c1-15-8-6-9-17(16(15)2)23-20(26)14-24(3)21(27)12-7-13-25-18-10-4-5-11-19(18)29-22(25)28/h4-6,8-11H,7,12-14H2,1-3H3,(H,23,26). The maximum absolute atomic E-state index is 12.4. The third-order valence-electron chi connectivity index (χ3n) is 5.03. The highest BCUT2D eigenvalue weighted by Gasteiger charge is 2.15. The van der Waals surface area contributed by atoms with E-state index < -0.39 is 5.76 Å². The molecule has 2 amide bonds. The van der Waals surface area contributed by atoms with Crippen LogP contribution in [0.3, 0.4) is 0 Å². The van der Waals surface area contributed by atoms with Crippen molar-refractivity contribution in [2.45, 2.75) is 33.2 Å². The lowest BCUT2D eigenvalue weighted by molar-refractivity contribution is -0.133. The van der Waals surface area contributed by atoms with Gasteiger partial charge in [-0.3, -0.25) is 14.2 Å². The molecule has 29 heavy (non-hydrogen) atoms. The van der Waals surface area contributed by atoms with E-state index in [1.807, 2.05) is 44.2 Å². The number of likely N-dealkylation sites (N-methyl/N-ethyl adjacent to an activating group) is 1. The van der Waals surface area contributed by atoms with Crippen molar-refractivity contribution in [3.8, 4) is 0 Å². The molecule has 1 heterocycles. The second kappa shape index (κ2) is 8.77. The Bertz CT molecular complexity index is 1100. The van der Waals surface area contributed by atoms with Crippen LogP contribution in [0.1, 0.15) is 24.0 Å². The number of amides is 2. The van der Waals surface area contributed by atoms with Gasteiger partial charge in [0.05, 0.1) is 12.1 Å². The largest absolute Gasteiger partial charge is 0.419 e. The summed E-state index contributed by atoms with van der Waals surface area (Å²) >= 11 is 0. The van der Waals surface area contributed by atoms with Crippen molar-refractivity contribution < 1.29 is 14.0 Å². The number of aromatic nitrogens is 1. The van der Waals surface area contributed by atoms with Crippen LogP contribution in [0.15, 0.2) is 51.7 Å². The Morgan fingerprint density at radius 3 is 2.66 bits per heavy atom. The summed E-state index contributed by atoms with van der Waals surface area (Å²) in [4.78, 5) is 38.0. The Labute approximate surface area is 168 Å². The van der Waals surface area contributed by atoms with Gasteiger partial charge in [-0.05, 0) is 49.6 Å². The summed E-state index contributed by atoms with van der Waals surface area (Å²) in [6.45, 7) is 4.28. The molecule has 0 radical (unpaired) electrons. The van der Waals surface area contributed by atoms with Crippen molar-refractivity contribution in [3.63, 3.8) is 0 Å². The van der Waals surface area contributed by atoms with Gasteiger partial charge in [-0.2, -0.15) is 0 Å². The Morgan fingerprint density at radius 2 is 1.86 bits per heavy atom. The molecule has 7 heteroatoms. The summed E-state index contributed by atoms with van der Waals surface area (Å²) < 4.78 is 6.71. The molecule has 152 valence electrons. The van der Waals surface area contributed by atoms with E-state index in [0.29, 0.717) is 24.1 Å². The number of hydrogen-bond donors (Lipinski definition) is 1. The van der Waals surface area contributed by atoms with Gasteiger partial charge in [0.15, 0.2) is 5.58 Å². The van der Waals surface area contributed by atoms with E-state index in [9.17, 15) is 14.4 Å². The molecule has 0 saturated heterocycles. The molecule has 1 aromatic heterocycles. The zero-order valence-electron chi connectivity index (χ0n) is 16.9. The third-order valence-corrected chi connectivity index (χ3v) is 5.03. The first kappa shape index (κ1) is 20.4. The monoisotopic (exact) mass is 395 g/mol. The van der Waals surface area contributed by atoms with Crippen molar-refractivity contribution in [2.24, 2.45) is 0 Å². The minimum absolute atomic E-state index is 0.0270. The zero-order chi connectivity index (χ0) is 21.0. The molecule has 0 spiro atoms. The van der Waals surface area contributed by atoms with Crippen molar-refractivity contribution in [3.05, 3.63) is 64.1 Å². The number of benzene rings is 2. The number of fused-ring (bicyclic) bond motifs is 1. The summed E-state index contributed by atoms with van der Waals surface area (Å²) in [7, 11) is 1.60. The molecule has 2 aromatic carbocycles. The number of para-hydroxylation sites is 2. The summed E-state index contributed by atoms with van der Waals surface area (Å²) in [5.41, 5.74) is 4.10. The molecule has 7 nitrogen and oxygen atoms in total. The van der Waals surface area contributed by atoms with E-state index >= 15 is 0 Å². The third kappa shape index (κ3) is 4.74. The first-order valence-corrected chi connectivity index (χ1v) is 9.55. The number of nitrogens with zero attached hydrogens (tertiary/aromatic N) is 2. The fourth-order valence-electron chi connectivity index (χ4n) is 3.18. The second-order valence-electron chi connectivity index (χ2n) is 7.14. The van der Waals surface area contributed by atoms with Crippen LogP contribution in [0, 0.1) is 13.8 Å². The van der Waals surface area contributed by atoms with Crippen molar-refractivity contribution in [2.75, 3.05) is 18.9 Å². The van der Waals surface area contributed by atoms with E-state index in [0.717, 1.165) is 16.8 Å². The molecule has 3 aromatic rings. The molecule has 0 bridgehead atoms. The van der Waals surface area contributed by atoms with Gasteiger partial charge < -0.3 is 14.6 Å². The highest BCUT2D eigenvalue weighted by Crippen LogP contribution is 2.18.